The SMILES string of the molecule is COc1ccc(C=NNc2nc3nonc3nc2Nc2ccc(I)cc2)cc1Br. The van der Waals surface area contributed by atoms with Crippen LogP contribution in [-0.4, -0.2) is 33.6 Å². The molecule has 0 aliphatic carbocycles. The summed E-state index contributed by atoms with van der Waals surface area (Å²) in [5.41, 5.74) is 5.20. The van der Waals surface area contributed by atoms with E-state index >= 15 is 0 Å². The number of methoxy groups -OCH3 is 1. The van der Waals surface area contributed by atoms with Gasteiger partial charge in [-0.05, 0) is 96.9 Å². The van der Waals surface area contributed by atoms with Gasteiger partial charge in [0, 0.05) is 9.26 Å². The lowest BCUT2D eigenvalue weighted by molar-refractivity contribution is 0.314. The standard InChI is InChI=1S/C18H13BrIN7O2/c1-28-14-7-2-10(8-13(14)19)9-21-25-16-15(22-12-5-3-11(20)4-6-12)23-17-18(24-16)27-29-26-17/h2-9H,1H3,(H,22,23,26)(H,24,25,27). The lowest BCUT2D eigenvalue weighted by atomic mass is 10.2. The van der Waals surface area contributed by atoms with Crippen LogP contribution in [0.4, 0.5) is 17.3 Å². The van der Waals surface area contributed by atoms with E-state index < -0.39 is 0 Å². The van der Waals surface area contributed by atoms with Crippen LogP contribution in [0.1, 0.15) is 5.56 Å². The highest BCUT2D eigenvalue weighted by molar-refractivity contribution is 14.1. The fourth-order valence-electron chi connectivity index (χ4n) is 2.40. The monoisotopic (exact) mass is 565 g/mol. The molecule has 2 N–H and O–H groups in total. The Morgan fingerprint density at radius 1 is 1.07 bits per heavy atom. The minimum atomic E-state index is 0.281. The molecule has 0 aliphatic heterocycles. The molecule has 0 fully saturated rings. The van der Waals surface area contributed by atoms with Crippen LogP contribution < -0.4 is 15.5 Å². The zero-order chi connectivity index (χ0) is 20.2. The van der Waals surface area contributed by atoms with Crippen molar-refractivity contribution in [1.82, 2.24) is 20.3 Å². The number of hydrogen-bond acceptors (Lipinski definition) is 9. The third kappa shape index (κ3) is 4.62. The molecule has 0 unspecified atom stereocenters. The van der Waals surface area contributed by atoms with Crippen molar-refractivity contribution in [1.29, 1.82) is 0 Å². The minimum Gasteiger partial charge on any atom is -0.496 e. The van der Waals surface area contributed by atoms with Gasteiger partial charge in [0.25, 0.3) is 0 Å². The highest BCUT2D eigenvalue weighted by Crippen LogP contribution is 2.26. The van der Waals surface area contributed by atoms with E-state index in [1.807, 2.05) is 42.5 Å². The van der Waals surface area contributed by atoms with Gasteiger partial charge in [0.2, 0.25) is 11.3 Å². The van der Waals surface area contributed by atoms with E-state index in [9.17, 15) is 0 Å². The maximum absolute atomic E-state index is 5.23. The number of fused-ring (bicyclic) bond motifs is 1. The summed E-state index contributed by atoms with van der Waals surface area (Å²) in [7, 11) is 1.62. The Hall–Kier alpha value is -2.80. The summed E-state index contributed by atoms with van der Waals surface area (Å²) in [4.78, 5) is 8.79. The molecule has 29 heavy (non-hydrogen) atoms. The number of ether oxygens (including phenoxy) is 1. The lowest BCUT2D eigenvalue weighted by Crippen LogP contribution is -2.03. The molecule has 0 bridgehead atoms. The molecule has 11 heteroatoms. The third-order valence-electron chi connectivity index (χ3n) is 3.78. The fourth-order valence-corrected chi connectivity index (χ4v) is 3.32. The zero-order valence-corrected chi connectivity index (χ0v) is 18.7. The molecule has 4 aromatic rings. The quantitative estimate of drug-likeness (QED) is 0.199. The van der Waals surface area contributed by atoms with Crippen LogP contribution in [0, 0.1) is 3.57 Å². The molecule has 4 rings (SSSR count). The number of nitrogens with zero attached hydrogens (tertiary/aromatic N) is 5. The van der Waals surface area contributed by atoms with Gasteiger partial charge in [-0.25, -0.2) is 9.61 Å². The van der Waals surface area contributed by atoms with Crippen LogP contribution in [0.2, 0.25) is 0 Å². The Morgan fingerprint density at radius 2 is 1.79 bits per heavy atom. The number of aromatic nitrogens is 4. The molecular formula is C18H13BrIN7O2. The maximum Gasteiger partial charge on any atom is 0.245 e. The second-order valence-corrected chi connectivity index (χ2v) is 7.83. The van der Waals surface area contributed by atoms with Crippen molar-refractivity contribution in [3.63, 3.8) is 0 Å². The van der Waals surface area contributed by atoms with Gasteiger partial charge in [0.15, 0.2) is 11.6 Å². The number of nitrogens with one attached hydrogen (secondary N) is 2. The Bertz CT molecular complexity index is 1180. The van der Waals surface area contributed by atoms with Crippen LogP contribution in [0.3, 0.4) is 0 Å². The predicted molar refractivity (Wildman–Crippen MR) is 122 cm³/mol. The second kappa shape index (κ2) is 8.69. The molecule has 2 aromatic carbocycles. The van der Waals surface area contributed by atoms with Gasteiger partial charge in [-0.3, -0.25) is 5.43 Å². The van der Waals surface area contributed by atoms with Crippen molar-refractivity contribution in [3.8, 4) is 5.75 Å². The Labute approximate surface area is 187 Å². The van der Waals surface area contributed by atoms with E-state index in [1.165, 1.54) is 0 Å². The highest BCUT2D eigenvalue weighted by Gasteiger charge is 2.12. The molecule has 0 atom stereocenters. The number of hydrogen-bond donors (Lipinski definition) is 2. The van der Waals surface area contributed by atoms with Crippen molar-refractivity contribution < 1.29 is 9.37 Å². The lowest BCUT2D eigenvalue weighted by Gasteiger charge is -2.09. The number of hydrazone groups is 1. The van der Waals surface area contributed by atoms with E-state index in [-0.39, 0.29) is 5.65 Å². The number of halogens is 2. The number of rotatable bonds is 6. The van der Waals surface area contributed by atoms with Crippen LogP contribution in [0.5, 0.6) is 5.75 Å². The molecule has 146 valence electrons. The molecule has 0 spiro atoms. The number of benzene rings is 2. The highest BCUT2D eigenvalue weighted by atomic mass is 127. The first-order chi connectivity index (χ1) is 14.1. The maximum atomic E-state index is 5.23. The van der Waals surface area contributed by atoms with Crippen LogP contribution >= 0.6 is 38.5 Å². The van der Waals surface area contributed by atoms with E-state index in [0.717, 1.165) is 25.0 Å². The van der Waals surface area contributed by atoms with Crippen molar-refractivity contribution in [2.75, 3.05) is 17.9 Å². The molecule has 0 aliphatic rings. The van der Waals surface area contributed by atoms with Crippen molar-refractivity contribution in [2.45, 2.75) is 0 Å². The summed E-state index contributed by atoms with van der Waals surface area (Å²) < 4.78 is 11.9. The van der Waals surface area contributed by atoms with E-state index in [0.29, 0.717) is 17.3 Å². The summed E-state index contributed by atoms with van der Waals surface area (Å²) in [6.45, 7) is 0. The average molecular weight is 566 g/mol. The molecular weight excluding hydrogens is 553 g/mol. The molecule has 0 saturated heterocycles. The first kappa shape index (κ1) is 19.5. The molecule has 2 heterocycles. The first-order valence-corrected chi connectivity index (χ1v) is 10.1. The van der Waals surface area contributed by atoms with Crippen molar-refractivity contribution in [2.24, 2.45) is 5.10 Å². The second-order valence-electron chi connectivity index (χ2n) is 5.73. The summed E-state index contributed by atoms with van der Waals surface area (Å²) in [5, 5.41) is 14.9. The largest absolute Gasteiger partial charge is 0.496 e. The van der Waals surface area contributed by atoms with Gasteiger partial charge in [-0.1, -0.05) is 0 Å². The van der Waals surface area contributed by atoms with Gasteiger partial charge in [0.1, 0.15) is 5.75 Å². The summed E-state index contributed by atoms with van der Waals surface area (Å²) in [6.07, 6.45) is 1.66. The van der Waals surface area contributed by atoms with E-state index in [1.54, 1.807) is 13.3 Å². The Morgan fingerprint density at radius 3 is 2.48 bits per heavy atom. The van der Waals surface area contributed by atoms with E-state index in [4.69, 9.17) is 9.37 Å². The number of anilines is 3. The molecule has 9 nitrogen and oxygen atoms in total. The van der Waals surface area contributed by atoms with Gasteiger partial charge in [-0.2, -0.15) is 10.1 Å². The topological polar surface area (TPSA) is 110 Å². The Balaban J connectivity index is 1.59. The van der Waals surface area contributed by atoms with Gasteiger partial charge in [0.05, 0.1) is 17.8 Å². The molecule has 0 saturated carbocycles. The van der Waals surface area contributed by atoms with Crippen molar-refractivity contribution >= 4 is 73.4 Å². The fraction of sp³-hybridized carbons (Fsp3) is 0.0556. The minimum absolute atomic E-state index is 0.281. The Kier molecular flexibility index (Phi) is 5.85. The zero-order valence-electron chi connectivity index (χ0n) is 14.9. The molecule has 0 radical (unpaired) electrons. The molecule has 0 amide bonds. The van der Waals surface area contributed by atoms with Gasteiger partial charge >= 0.3 is 0 Å². The van der Waals surface area contributed by atoms with Crippen molar-refractivity contribution in [3.05, 3.63) is 56.1 Å². The third-order valence-corrected chi connectivity index (χ3v) is 5.12. The van der Waals surface area contributed by atoms with E-state index in [2.05, 4.69) is 74.6 Å². The van der Waals surface area contributed by atoms with Crippen LogP contribution in [-0.2, 0) is 0 Å². The predicted octanol–water partition coefficient (Wildman–Crippen LogP) is 4.58. The summed E-state index contributed by atoms with van der Waals surface area (Å²) in [6, 6.07) is 13.5. The normalized spacial score (nSPS) is 11.1. The summed E-state index contributed by atoms with van der Waals surface area (Å²) >= 11 is 5.70. The molecule has 2 aromatic heterocycles. The first-order valence-electron chi connectivity index (χ1n) is 8.28. The van der Waals surface area contributed by atoms with Crippen LogP contribution in [0.25, 0.3) is 11.3 Å². The average Bonchev–Trinajstić information content (AvgIpc) is 3.17. The smallest absolute Gasteiger partial charge is 0.245 e. The van der Waals surface area contributed by atoms with Gasteiger partial charge < -0.3 is 10.1 Å². The van der Waals surface area contributed by atoms with Crippen LogP contribution in [0.15, 0.2) is 56.7 Å². The summed E-state index contributed by atoms with van der Waals surface area (Å²) in [5.74, 6) is 1.58. The van der Waals surface area contributed by atoms with Gasteiger partial charge in [-0.15, -0.1) is 0 Å².